The molecule has 1 atom stereocenters. The molecule has 20 heavy (non-hydrogen) atoms. The van der Waals surface area contributed by atoms with Gasteiger partial charge in [-0.25, -0.2) is 0 Å². The van der Waals surface area contributed by atoms with Gasteiger partial charge in [-0.2, -0.15) is 0 Å². The lowest BCUT2D eigenvalue weighted by Gasteiger charge is -2.25. The van der Waals surface area contributed by atoms with Crippen molar-refractivity contribution in [2.45, 2.75) is 65.9 Å². The molecule has 0 saturated carbocycles. The van der Waals surface area contributed by atoms with E-state index in [1.807, 2.05) is 0 Å². The van der Waals surface area contributed by atoms with Gasteiger partial charge in [0.1, 0.15) is 0 Å². The molecule has 0 aliphatic rings. The quantitative estimate of drug-likeness (QED) is 0.572. The van der Waals surface area contributed by atoms with E-state index < -0.39 is 0 Å². The van der Waals surface area contributed by atoms with Crippen LogP contribution in [-0.2, 0) is 4.74 Å². The fraction of sp³-hybridized carbons (Fsp3) is 0.765. The Hall–Kier alpha value is -0.540. The van der Waals surface area contributed by atoms with E-state index in [1.165, 1.54) is 18.4 Å². The summed E-state index contributed by atoms with van der Waals surface area (Å²) in [6.07, 6.45) is 4.75. The summed E-state index contributed by atoms with van der Waals surface area (Å²) in [6, 6.07) is 2.11. The summed E-state index contributed by atoms with van der Waals surface area (Å²) in [7, 11) is 0. The fourth-order valence-corrected chi connectivity index (χ4v) is 3.10. The Balaban J connectivity index is 2.10. The first-order valence-electron chi connectivity index (χ1n) is 7.75. The van der Waals surface area contributed by atoms with E-state index in [9.17, 15) is 0 Å². The van der Waals surface area contributed by atoms with E-state index in [-0.39, 0.29) is 5.60 Å². The standard InChI is InChI=1S/C17H30O2S/c1-6-19-17(4,5)10-7-8-14(2)9-11-18-16-12-15(3)13-20-16/h12-14H,6-11H2,1-5H3. The molecule has 0 spiro atoms. The molecule has 3 heteroatoms. The van der Waals surface area contributed by atoms with Crippen molar-refractivity contribution in [3.8, 4) is 5.06 Å². The molecule has 0 amide bonds. The molecule has 1 aromatic rings. The Morgan fingerprint density at radius 3 is 2.65 bits per heavy atom. The molecule has 0 bridgehead atoms. The number of thiophene rings is 1. The molecule has 0 N–H and O–H groups in total. The summed E-state index contributed by atoms with van der Waals surface area (Å²) in [5.74, 6) is 0.716. The van der Waals surface area contributed by atoms with Crippen molar-refractivity contribution < 1.29 is 9.47 Å². The van der Waals surface area contributed by atoms with Crippen LogP contribution in [0.2, 0.25) is 0 Å². The second kappa shape index (κ2) is 8.68. The van der Waals surface area contributed by atoms with Crippen LogP contribution in [0, 0.1) is 12.8 Å². The number of hydrogen-bond donors (Lipinski definition) is 0. The average Bonchev–Trinajstić information content (AvgIpc) is 2.74. The van der Waals surface area contributed by atoms with Gasteiger partial charge in [0.05, 0.1) is 12.2 Å². The largest absolute Gasteiger partial charge is 0.484 e. The summed E-state index contributed by atoms with van der Waals surface area (Å²) in [5.41, 5.74) is 1.32. The van der Waals surface area contributed by atoms with E-state index in [0.29, 0.717) is 5.92 Å². The molecule has 1 rings (SSSR count). The van der Waals surface area contributed by atoms with Crippen molar-refractivity contribution in [1.82, 2.24) is 0 Å². The third kappa shape index (κ3) is 7.30. The van der Waals surface area contributed by atoms with Gasteiger partial charge < -0.3 is 9.47 Å². The first-order chi connectivity index (χ1) is 9.43. The van der Waals surface area contributed by atoms with Crippen LogP contribution in [0.5, 0.6) is 5.06 Å². The fourth-order valence-electron chi connectivity index (χ4n) is 2.32. The second-order valence-corrected chi connectivity index (χ2v) is 7.14. The van der Waals surface area contributed by atoms with Gasteiger partial charge in [0.15, 0.2) is 5.06 Å². The van der Waals surface area contributed by atoms with Crippen LogP contribution in [0.1, 0.15) is 58.9 Å². The lowest BCUT2D eigenvalue weighted by molar-refractivity contribution is -0.0183. The van der Waals surface area contributed by atoms with Crippen LogP contribution in [0.3, 0.4) is 0 Å². The summed E-state index contributed by atoms with van der Waals surface area (Å²) in [4.78, 5) is 0. The first kappa shape index (κ1) is 17.5. The SMILES string of the molecule is CCOC(C)(C)CCCC(C)CCOc1cc(C)cs1. The Kier molecular flexibility index (Phi) is 7.60. The molecule has 0 aliphatic heterocycles. The van der Waals surface area contributed by atoms with Crippen molar-refractivity contribution in [3.05, 3.63) is 17.0 Å². The van der Waals surface area contributed by atoms with Gasteiger partial charge in [-0.15, -0.1) is 11.3 Å². The Labute approximate surface area is 128 Å². The predicted octanol–water partition coefficient (Wildman–Crippen LogP) is 5.45. The zero-order valence-electron chi connectivity index (χ0n) is 13.7. The third-order valence-electron chi connectivity index (χ3n) is 3.57. The van der Waals surface area contributed by atoms with Gasteiger partial charge in [-0.05, 0) is 63.5 Å². The number of hydrogen-bond acceptors (Lipinski definition) is 3. The lowest BCUT2D eigenvalue weighted by Crippen LogP contribution is -2.24. The minimum Gasteiger partial charge on any atom is -0.484 e. The lowest BCUT2D eigenvalue weighted by atomic mass is 9.95. The average molecular weight is 298 g/mol. The maximum atomic E-state index is 5.78. The van der Waals surface area contributed by atoms with Crippen molar-refractivity contribution in [2.75, 3.05) is 13.2 Å². The van der Waals surface area contributed by atoms with Crippen LogP contribution in [0.4, 0.5) is 0 Å². The van der Waals surface area contributed by atoms with Gasteiger partial charge in [0.2, 0.25) is 0 Å². The highest BCUT2D eigenvalue weighted by atomic mass is 32.1. The zero-order valence-corrected chi connectivity index (χ0v) is 14.5. The molecule has 2 nitrogen and oxygen atoms in total. The molecule has 1 aromatic heterocycles. The summed E-state index contributed by atoms with van der Waals surface area (Å²) in [5, 5.41) is 3.18. The van der Waals surface area contributed by atoms with Gasteiger partial charge >= 0.3 is 0 Å². The molecule has 0 aliphatic carbocycles. The van der Waals surface area contributed by atoms with E-state index in [4.69, 9.17) is 9.47 Å². The van der Waals surface area contributed by atoms with Crippen LogP contribution in [-0.4, -0.2) is 18.8 Å². The van der Waals surface area contributed by atoms with Gasteiger partial charge in [-0.3, -0.25) is 0 Å². The van der Waals surface area contributed by atoms with Crippen molar-refractivity contribution in [2.24, 2.45) is 5.92 Å². The van der Waals surface area contributed by atoms with Gasteiger partial charge in [0.25, 0.3) is 0 Å². The van der Waals surface area contributed by atoms with Crippen LogP contribution in [0.15, 0.2) is 11.4 Å². The van der Waals surface area contributed by atoms with Gasteiger partial charge in [-0.1, -0.05) is 19.8 Å². The molecular weight excluding hydrogens is 268 g/mol. The summed E-state index contributed by atoms with van der Waals surface area (Å²) in [6.45, 7) is 12.5. The van der Waals surface area contributed by atoms with Crippen molar-refractivity contribution >= 4 is 11.3 Å². The topological polar surface area (TPSA) is 18.5 Å². The highest BCUT2D eigenvalue weighted by Crippen LogP contribution is 2.24. The highest BCUT2D eigenvalue weighted by molar-refractivity contribution is 7.12. The number of rotatable bonds is 10. The molecule has 116 valence electrons. The summed E-state index contributed by atoms with van der Waals surface area (Å²) >= 11 is 1.69. The van der Waals surface area contributed by atoms with E-state index >= 15 is 0 Å². The van der Waals surface area contributed by atoms with E-state index in [2.05, 4.69) is 46.1 Å². The third-order valence-corrected chi connectivity index (χ3v) is 4.53. The predicted molar refractivity (Wildman–Crippen MR) is 87.9 cm³/mol. The molecule has 0 fully saturated rings. The maximum absolute atomic E-state index is 5.78. The second-order valence-electron chi connectivity index (χ2n) is 6.27. The van der Waals surface area contributed by atoms with E-state index in [1.54, 1.807) is 11.3 Å². The zero-order chi connectivity index (χ0) is 15.0. The summed E-state index contributed by atoms with van der Waals surface area (Å²) < 4.78 is 11.5. The first-order valence-corrected chi connectivity index (χ1v) is 8.63. The Morgan fingerprint density at radius 1 is 1.30 bits per heavy atom. The molecule has 1 unspecified atom stereocenters. The molecule has 0 aromatic carbocycles. The Morgan fingerprint density at radius 2 is 2.05 bits per heavy atom. The number of aryl methyl sites for hydroxylation is 1. The Bertz CT molecular complexity index is 371. The van der Waals surface area contributed by atoms with Crippen molar-refractivity contribution in [1.29, 1.82) is 0 Å². The molecule has 0 radical (unpaired) electrons. The van der Waals surface area contributed by atoms with Gasteiger partial charge in [0, 0.05) is 6.61 Å². The maximum Gasteiger partial charge on any atom is 0.173 e. The minimum atomic E-state index is 0.0272. The van der Waals surface area contributed by atoms with Crippen molar-refractivity contribution in [3.63, 3.8) is 0 Å². The number of ether oxygens (including phenoxy) is 2. The molecule has 0 saturated heterocycles. The van der Waals surface area contributed by atoms with Crippen LogP contribution in [0.25, 0.3) is 0 Å². The highest BCUT2D eigenvalue weighted by Gasteiger charge is 2.17. The molecular formula is C17H30O2S. The molecule has 1 heterocycles. The smallest absolute Gasteiger partial charge is 0.173 e. The van der Waals surface area contributed by atoms with E-state index in [0.717, 1.165) is 31.1 Å². The normalized spacial score (nSPS) is 13.4. The van der Waals surface area contributed by atoms with Crippen LogP contribution < -0.4 is 4.74 Å². The monoisotopic (exact) mass is 298 g/mol. The van der Waals surface area contributed by atoms with Crippen LogP contribution >= 0.6 is 11.3 Å². The minimum absolute atomic E-state index is 0.0272.